The molecule has 0 aliphatic rings. The molecule has 0 aliphatic carbocycles. The van der Waals surface area contributed by atoms with Gasteiger partial charge in [0.05, 0.1) is 23.2 Å². The van der Waals surface area contributed by atoms with Crippen molar-refractivity contribution in [3.8, 4) is 0 Å². The highest BCUT2D eigenvalue weighted by Gasteiger charge is 2.41. The van der Waals surface area contributed by atoms with Crippen molar-refractivity contribution >= 4 is 61.8 Å². The Balaban J connectivity index is 6.19. The van der Waals surface area contributed by atoms with Crippen LogP contribution in [0.5, 0.6) is 0 Å². The zero-order valence-electron chi connectivity index (χ0n) is 26.9. The number of thiol groups is 3. The highest BCUT2D eigenvalue weighted by atomic mass is 32.1. The van der Waals surface area contributed by atoms with Crippen LogP contribution in [0, 0.1) is 28.6 Å². The lowest BCUT2D eigenvalue weighted by atomic mass is 9.83. The lowest BCUT2D eigenvalue weighted by Gasteiger charge is -2.35. The molecule has 11 heteroatoms. The van der Waals surface area contributed by atoms with Crippen LogP contribution in [0.2, 0.25) is 0 Å². The summed E-state index contributed by atoms with van der Waals surface area (Å²) in [7, 11) is 0. The second-order valence-corrected chi connectivity index (χ2v) is 17.1. The standard InChI is InChI=1S/C30H54O8S3/c1-19(2)23(31)35-15-30(16-36-24(32)20(3)12-22(5)39,17-37-25(33)21(4)13-28(8,9)40)18-38-26(34)27(6,7)14-29(10,11)41/h19-22,39-41H,12-18H2,1-11H3. The van der Waals surface area contributed by atoms with Crippen LogP contribution in [-0.2, 0) is 38.1 Å². The molecule has 0 saturated heterocycles. The van der Waals surface area contributed by atoms with E-state index in [4.69, 9.17) is 18.9 Å². The number of hydrogen-bond donors (Lipinski definition) is 3. The van der Waals surface area contributed by atoms with Crippen LogP contribution >= 0.6 is 37.9 Å². The Bertz CT molecular complexity index is 874. The van der Waals surface area contributed by atoms with Gasteiger partial charge in [0.1, 0.15) is 31.8 Å². The minimum absolute atomic E-state index is 0.0212. The molecule has 0 rings (SSSR count). The number of carbonyl (C=O) groups excluding carboxylic acids is 4. The van der Waals surface area contributed by atoms with Crippen LogP contribution in [0.4, 0.5) is 0 Å². The first-order chi connectivity index (χ1) is 18.4. The Labute approximate surface area is 264 Å². The molecule has 0 aromatic heterocycles. The molecule has 41 heavy (non-hydrogen) atoms. The molecule has 0 aromatic carbocycles. The van der Waals surface area contributed by atoms with Crippen LogP contribution in [0.25, 0.3) is 0 Å². The van der Waals surface area contributed by atoms with Gasteiger partial charge in [0, 0.05) is 9.49 Å². The molecule has 0 radical (unpaired) electrons. The molecule has 0 bridgehead atoms. The molecule has 240 valence electrons. The maximum Gasteiger partial charge on any atom is 0.311 e. The SMILES string of the molecule is CC(S)CC(C)C(=O)OCC(COC(=O)C(C)C)(COC(=O)C(C)CC(C)(C)S)COC(=O)C(C)(C)CC(C)(C)S. The molecule has 0 aliphatic heterocycles. The van der Waals surface area contributed by atoms with Crippen molar-refractivity contribution < 1.29 is 38.1 Å². The molecular weight excluding hydrogens is 585 g/mol. The predicted octanol–water partition coefficient (Wildman–Crippen LogP) is 6.01. The van der Waals surface area contributed by atoms with Crippen LogP contribution in [0.3, 0.4) is 0 Å². The number of ether oxygens (including phenoxy) is 4. The van der Waals surface area contributed by atoms with Gasteiger partial charge in [0.15, 0.2) is 0 Å². The van der Waals surface area contributed by atoms with Gasteiger partial charge in [-0.05, 0) is 38.4 Å². The normalized spacial score (nSPS) is 16.3. The fraction of sp³-hybridized carbons (Fsp3) is 0.867. The van der Waals surface area contributed by atoms with Gasteiger partial charge in [-0.25, -0.2) is 0 Å². The fourth-order valence-electron chi connectivity index (χ4n) is 4.38. The summed E-state index contributed by atoms with van der Waals surface area (Å²) in [5.74, 6) is -3.30. The molecule has 4 unspecified atom stereocenters. The van der Waals surface area contributed by atoms with Crippen molar-refractivity contribution in [1.82, 2.24) is 0 Å². The maximum atomic E-state index is 13.2. The lowest BCUT2D eigenvalue weighted by molar-refractivity contribution is -0.177. The van der Waals surface area contributed by atoms with E-state index in [0.717, 1.165) is 0 Å². The van der Waals surface area contributed by atoms with E-state index < -0.39 is 62.0 Å². The summed E-state index contributed by atoms with van der Waals surface area (Å²) in [5, 5.41) is -0.0212. The fourth-order valence-corrected chi connectivity index (χ4v) is 5.37. The molecule has 8 nitrogen and oxygen atoms in total. The van der Waals surface area contributed by atoms with Crippen molar-refractivity contribution in [3.05, 3.63) is 0 Å². The van der Waals surface area contributed by atoms with Gasteiger partial charge in [-0.2, -0.15) is 37.9 Å². The zero-order chi connectivity index (χ0) is 32.4. The minimum Gasteiger partial charge on any atom is -0.464 e. The van der Waals surface area contributed by atoms with Crippen molar-refractivity contribution in [3.63, 3.8) is 0 Å². The summed E-state index contributed by atoms with van der Waals surface area (Å²) < 4.78 is 21.8. The summed E-state index contributed by atoms with van der Waals surface area (Å²) >= 11 is 13.4. The van der Waals surface area contributed by atoms with E-state index in [1.54, 1.807) is 41.5 Å². The third kappa shape index (κ3) is 17.0. The van der Waals surface area contributed by atoms with E-state index in [9.17, 15) is 19.2 Å². The maximum absolute atomic E-state index is 13.2. The third-order valence-corrected chi connectivity index (χ3v) is 6.83. The van der Waals surface area contributed by atoms with Gasteiger partial charge in [-0.3, -0.25) is 19.2 Å². The molecule has 0 N–H and O–H groups in total. The molecule has 0 spiro atoms. The van der Waals surface area contributed by atoms with E-state index in [1.807, 2.05) is 34.6 Å². The Kier molecular flexibility index (Phi) is 16.3. The largest absolute Gasteiger partial charge is 0.464 e. The van der Waals surface area contributed by atoms with Gasteiger partial charge < -0.3 is 18.9 Å². The summed E-state index contributed by atoms with van der Waals surface area (Å²) in [6.45, 7) is 18.6. The quantitative estimate of drug-likeness (QED) is 0.0954. The molecule has 0 amide bonds. The first-order valence-electron chi connectivity index (χ1n) is 14.2. The summed E-state index contributed by atoms with van der Waals surface area (Å²) in [6, 6.07) is 0. The topological polar surface area (TPSA) is 105 Å². The first-order valence-corrected chi connectivity index (χ1v) is 15.6. The predicted molar refractivity (Wildman–Crippen MR) is 172 cm³/mol. The molecule has 0 aromatic rings. The summed E-state index contributed by atoms with van der Waals surface area (Å²) in [4.78, 5) is 51.4. The molecule has 0 saturated carbocycles. The Morgan fingerprint density at radius 1 is 0.634 bits per heavy atom. The van der Waals surface area contributed by atoms with Crippen LogP contribution < -0.4 is 0 Å². The number of carbonyl (C=O) groups is 4. The molecule has 4 atom stereocenters. The zero-order valence-corrected chi connectivity index (χ0v) is 29.6. The van der Waals surface area contributed by atoms with Gasteiger partial charge in [0.2, 0.25) is 0 Å². The minimum atomic E-state index is -1.33. The Hall–Kier alpha value is -1.07. The highest BCUT2D eigenvalue weighted by molar-refractivity contribution is 7.82. The third-order valence-electron chi connectivity index (χ3n) is 6.27. The van der Waals surface area contributed by atoms with E-state index in [0.29, 0.717) is 19.3 Å². The average molecular weight is 639 g/mol. The number of rotatable bonds is 18. The number of hydrogen-bond acceptors (Lipinski definition) is 11. The van der Waals surface area contributed by atoms with Crippen molar-refractivity contribution in [2.75, 3.05) is 26.4 Å². The lowest BCUT2D eigenvalue weighted by Crippen LogP contribution is -2.46. The second kappa shape index (κ2) is 16.7. The molecular formula is C30H54O8S3. The van der Waals surface area contributed by atoms with Gasteiger partial charge >= 0.3 is 23.9 Å². The van der Waals surface area contributed by atoms with Crippen molar-refractivity contribution in [1.29, 1.82) is 0 Å². The van der Waals surface area contributed by atoms with Gasteiger partial charge in [0.25, 0.3) is 0 Å². The van der Waals surface area contributed by atoms with Crippen LogP contribution in [0.1, 0.15) is 95.4 Å². The van der Waals surface area contributed by atoms with Crippen LogP contribution in [-0.4, -0.2) is 65.0 Å². The Morgan fingerprint density at radius 3 is 1.44 bits per heavy atom. The first kappa shape index (κ1) is 39.9. The highest BCUT2D eigenvalue weighted by Crippen LogP contribution is 2.34. The second-order valence-electron chi connectivity index (χ2n) is 13.8. The van der Waals surface area contributed by atoms with Crippen molar-refractivity contribution in [2.24, 2.45) is 28.6 Å². The monoisotopic (exact) mass is 638 g/mol. The Morgan fingerprint density at radius 2 is 1.05 bits per heavy atom. The van der Waals surface area contributed by atoms with Gasteiger partial charge in [-0.15, -0.1) is 0 Å². The molecule has 0 fully saturated rings. The summed E-state index contributed by atoms with van der Waals surface area (Å²) in [5.41, 5.74) is -2.22. The van der Waals surface area contributed by atoms with E-state index in [1.165, 1.54) is 0 Å². The summed E-state index contributed by atoms with van der Waals surface area (Å²) in [6.07, 6.45) is 1.38. The van der Waals surface area contributed by atoms with Crippen molar-refractivity contribution in [2.45, 2.75) is 110 Å². The van der Waals surface area contributed by atoms with Crippen LogP contribution in [0.15, 0.2) is 0 Å². The number of esters is 4. The van der Waals surface area contributed by atoms with E-state index >= 15 is 0 Å². The average Bonchev–Trinajstić information content (AvgIpc) is 2.78. The van der Waals surface area contributed by atoms with Gasteiger partial charge in [-0.1, -0.05) is 62.3 Å². The van der Waals surface area contributed by atoms with E-state index in [2.05, 4.69) is 37.9 Å². The smallest absolute Gasteiger partial charge is 0.311 e. The van der Waals surface area contributed by atoms with E-state index in [-0.39, 0.29) is 31.7 Å². The molecule has 0 heterocycles.